The van der Waals surface area contributed by atoms with Crippen molar-refractivity contribution in [2.24, 2.45) is 0 Å². The smallest absolute Gasteiger partial charge is 0.286 e. The lowest BCUT2D eigenvalue weighted by molar-refractivity contribution is -0.385. The summed E-state index contributed by atoms with van der Waals surface area (Å²) in [4.78, 5) is 23.5. The van der Waals surface area contributed by atoms with Gasteiger partial charge in [-0.3, -0.25) is 14.9 Å². The highest BCUT2D eigenvalue weighted by molar-refractivity contribution is 7.91. The molecule has 0 fully saturated rings. The number of carbonyl (C=O) groups excluding carboxylic acids is 1. The number of nitro benzene ring substituents is 1. The van der Waals surface area contributed by atoms with E-state index in [0.29, 0.717) is 0 Å². The van der Waals surface area contributed by atoms with Crippen LogP contribution >= 0.6 is 0 Å². The number of ether oxygens (including phenoxy) is 2. The first kappa shape index (κ1) is 24.7. The Morgan fingerprint density at radius 1 is 1.18 bits per heavy atom. The van der Waals surface area contributed by atoms with E-state index in [0.717, 1.165) is 24.3 Å². The highest BCUT2D eigenvalue weighted by Gasteiger charge is 2.33. The molecule has 0 aliphatic carbocycles. The number of aryl methyl sites for hydroxylation is 1. The number of nitrogens with one attached hydrogen (secondary N) is 1. The number of rotatable bonds is 9. The number of methoxy groups -OCH3 is 2. The number of nitrogens with zero attached hydrogens (tertiary/aromatic N) is 1. The van der Waals surface area contributed by atoms with Crippen molar-refractivity contribution < 1.29 is 36.4 Å². The zero-order valence-corrected chi connectivity index (χ0v) is 19.2. The molecule has 0 saturated carbocycles. The van der Waals surface area contributed by atoms with Crippen LogP contribution in [0.1, 0.15) is 26.9 Å². The van der Waals surface area contributed by atoms with Crippen molar-refractivity contribution in [3.63, 3.8) is 0 Å². The van der Waals surface area contributed by atoms with E-state index in [-0.39, 0.29) is 33.3 Å². The van der Waals surface area contributed by atoms with Crippen molar-refractivity contribution in [3.05, 3.63) is 81.5 Å². The molecule has 180 valence electrons. The highest BCUT2D eigenvalue weighted by Crippen LogP contribution is 2.35. The van der Waals surface area contributed by atoms with E-state index < -0.39 is 44.0 Å². The number of carbonyl (C=O) groups is 1. The van der Waals surface area contributed by atoms with Gasteiger partial charge in [-0.2, -0.15) is 0 Å². The third-order valence-electron chi connectivity index (χ3n) is 5.08. The predicted molar refractivity (Wildman–Crippen MR) is 118 cm³/mol. The van der Waals surface area contributed by atoms with Gasteiger partial charge < -0.3 is 19.2 Å². The molecule has 34 heavy (non-hydrogen) atoms. The van der Waals surface area contributed by atoms with Crippen molar-refractivity contribution in [3.8, 4) is 11.5 Å². The number of halogens is 1. The van der Waals surface area contributed by atoms with Crippen molar-refractivity contribution in [2.75, 3.05) is 20.8 Å². The largest absolute Gasteiger partial charge is 0.493 e. The zero-order chi connectivity index (χ0) is 25.0. The molecule has 0 aliphatic heterocycles. The summed E-state index contributed by atoms with van der Waals surface area (Å²) in [6, 6.07) is 8.41. The second kappa shape index (κ2) is 9.91. The standard InChI is InChI=1S/C22H21FN2O8S/c1-13-9-14(6-7-16(13)23)34(29,30)21(18-5-4-8-33-18)12-24-22(26)15-10-19(31-2)20(32-3)11-17(15)25(27)28/h4-11,21H,12H2,1-3H3,(H,24,26)/t21-/m0/s1. The number of furan rings is 1. The first-order chi connectivity index (χ1) is 16.1. The fraction of sp³-hybridized carbons (Fsp3) is 0.227. The van der Waals surface area contributed by atoms with Gasteiger partial charge in [0.05, 0.1) is 36.4 Å². The minimum atomic E-state index is -4.14. The Balaban J connectivity index is 1.96. The molecule has 2 aromatic carbocycles. The third kappa shape index (κ3) is 4.86. The Labute approximate surface area is 194 Å². The van der Waals surface area contributed by atoms with Crippen LogP contribution in [0.25, 0.3) is 0 Å². The van der Waals surface area contributed by atoms with Gasteiger partial charge in [-0.25, -0.2) is 12.8 Å². The van der Waals surface area contributed by atoms with Gasteiger partial charge in [0.2, 0.25) is 0 Å². The summed E-state index contributed by atoms with van der Waals surface area (Å²) in [7, 11) is -1.55. The topological polar surface area (TPSA) is 138 Å². The number of sulfone groups is 1. The minimum Gasteiger partial charge on any atom is -0.493 e. The maximum Gasteiger partial charge on any atom is 0.286 e. The van der Waals surface area contributed by atoms with E-state index in [1.165, 1.54) is 45.6 Å². The number of hydrogen-bond acceptors (Lipinski definition) is 8. The fourth-order valence-corrected chi connectivity index (χ4v) is 4.95. The van der Waals surface area contributed by atoms with Gasteiger partial charge in [0.15, 0.2) is 21.3 Å². The van der Waals surface area contributed by atoms with Gasteiger partial charge in [0.25, 0.3) is 11.6 Å². The number of hydrogen-bond donors (Lipinski definition) is 1. The van der Waals surface area contributed by atoms with Crippen LogP contribution in [0.5, 0.6) is 11.5 Å². The summed E-state index contributed by atoms with van der Waals surface area (Å²) in [5.41, 5.74) is -0.776. The van der Waals surface area contributed by atoms with Crippen LogP contribution in [0, 0.1) is 22.9 Å². The maximum absolute atomic E-state index is 13.7. The first-order valence-electron chi connectivity index (χ1n) is 9.82. The van der Waals surface area contributed by atoms with Crippen LogP contribution in [-0.4, -0.2) is 40.0 Å². The van der Waals surface area contributed by atoms with E-state index >= 15 is 0 Å². The average molecular weight is 492 g/mol. The molecule has 1 aromatic heterocycles. The molecule has 10 nitrogen and oxygen atoms in total. The summed E-state index contributed by atoms with van der Waals surface area (Å²) in [5, 5.41) is 12.6. The van der Waals surface area contributed by atoms with E-state index in [2.05, 4.69) is 5.32 Å². The van der Waals surface area contributed by atoms with Crippen molar-refractivity contribution in [2.45, 2.75) is 17.1 Å². The van der Waals surface area contributed by atoms with E-state index in [4.69, 9.17) is 13.9 Å². The minimum absolute atomic E-state index is 0.0316. The summed E-state index contributed by atoms with van der Waals surface area (Å²) in [6.45, 7) is 0.949. The van der Waals surface area contributed by atoms with E-state index in [1.54, 1.807) is 0 Å². The molecule has 1 amide bonds. The maximum atomic E-state index is 13.7. The van der Waals surface area contributed by atoms with Crippen LogP contribution in [0.15, 0.2) is 58.0 Å². The zero-order valence-electron chi connectivity index (χ0n) is 18.4. The molecular formula is C22H21FN2O8S. The molecule has 0 unspecified atom stereocenters. The van der Waals surface area contributed by atoms with Crippen LogP contribution in [0.4, 0.5) is 10.1 Å². The Kier molecular flexibility index (Phi) is 7.20. The Morgan fingerprint density at radius 3 is 2.41 bits per heavy atom. The summed E-state index contributed by atoms with van der Waals surface area (Å²) >= 11 is 0. The molecule has 1 N–H and O–H groups in total. The monoisotopic (exact) mass is 492 g/mol. The van der Waals surface area contributed by atoms with Crippen LogP contribution in [-0.2, 0) is 9.84 Å². The van der Waals surface area contributed by atoms with Gasteiger partial charge in [-0.15, -0.1) is 0 Å². The molecule has 3 aromatic rings. The molecule has 1 heterocycles. The quantitative estimate of drug-likeness (QED) is 0.272. The van der Waals surface area contributed by atoms with E-state index in [9.17, 15) is 27.7 Å². The van der Waals surface area contributed by atoms with Gasteiger partial charge >= 0.3 is 0 Å². The number of amides is 1. The first-order valence-corrected chi connectivity index (χ1v) is 11.4. The lowest BCUT2D eigenvalue weighted by Crippen LogP contribution is -2.32. The Morgan fingerprint density at radius 2 is 1.85 bits per heavy atom. The lowest BCUT2D eigenvalue weighted by Gasteiger charge is -2.17. The second-order valence-corrected chi connectivity index (χ2v) is 9.28. The fourth-order valence-electron chi connectivity index (χ4n) is 3.28. The normalized spacial score (nSPS) is 12.1. The van der Waals surface area contributed by atoms with Crippen molar-refractivity contribution >= 4 is 21.4 Å². The Bertz CT molecular complexity index is 1320. The molecule has 0 saturated heterocycles. The Hall–Kier alpha value is -3.93. The molecule has 0 spiro atoms. The summed E-state index contributed by atoms with van der Waals surface area (Å²) < 4.78 is 55.8. The molecule has 3 rings (SSSR count). The van der Waals surface area contributed by atoms with Crippen molar-refractivity contribution in [1.82, 2.24) is 5.32 Å². The number of benzene rings is 2. The highest BCUT2D eigenvalue weighted by atomic mass is 32.2. The SMILES string of the molecule is COc1cc(C(=O)NC[C@@H](c2ccco2)S(=O)(=O)c2ccc(F)c(C)c2)c([N+](=O)[O-])cc1OC. The molecule has 0 aliphatic rings. The van der Waals surface area contributed by atoms with Gasteiger partial charge in [0.1, 0.15) is 22.4 Å². The number of nitro groups is 1. The lowest BCUT2D eigenvalue weighted by atomic mass is 10.1. The van der Waals surface area contributed by atoms with Crippen molar-refractivity contribution in [1.29, 1.82) is 0 Å². The third-order valence-corrected chi connectivity index (χ3v) is 7.14. The molecule has 0 bridgehead atoms. The van der Waals surface area contributed by atoms with Crippen LogP contribution in [0.3, 0.4) is 0 Å². The van der Waals surface area contributed by atoms with Crippen LogP contribution in [0.2, 0.25) is 0 Å². The molecule has 12 heteroatoms. The summed E-state index contributed by atoms with van der Waals surface area (Å²) in [5.74, 6) is -1.31. The molecule has 1 atom stereocenters. The average Bonchev–Trinajstić information content (AvgIpc) is 3.33. The van der Waals surface area contributed by atoms with Gasteiger partial charge in [0, 0.05) is 12.6 Å². The van der Waals surface area contributed by atoms with Crippen LogP contribution < -0.4 is 14.8 Å². The van der Waals surface area contributed by atoms with Gasteiger partial charge in [-0.1, -0.05) is 0 Å². The van der Waals surface area contributed by atoms with Gasteiger partial charge in [-0.05, 0) is 42.8 Å². The molecular weight excluding hydrogens is 471 g/mol. The molecule has 0 radical (unpaired) electrons. The predicted octanol–water partition coefficient (Wildman–Crippen LogP) is 3.60. The summed E-state index contributed by atoms with van der Waals surface area (Å²) in [6.07, 6.45) is 1.27. The second-order valence-electron chi connectivity index (χ2n) is 7.15. The van der Waals surface area contributed by atoms with E-state index in [1.807, 2.05) is 0 Å².